The van der Waals surface area contributed by atoms with Crippen molar-refractivity contribution in [1.82, 2.24) is 25.3 Å². The maximum Gasteiger partial charge on any atom is 0.243 e. The van der Waals surface area contributed by atoms with Crippen LogP contribution in [0, 0.1) is 6.92 Å². The van der Waals surface area contributed by atoms with Gasteiger partial charge < -0.3 is 10.8 Å². The van der Waals surface area contributed by atoms with Gasteiger partial charge in [-0.1, -0.05) is 5.21 Å². The van der Waals surface area contributed by atoms with Crippen molar-refractivity contribution in [3.63, 3.8) is 0 Å². The van der Waals surface area contributed by atoms with Gasteiger partial charge in [0, 0.05) is 0 Å². The Bertz CT molecular complexity index is 952. The molecule has 0 saturated heterocycles. The second-order valence-corrected chi connectivity index (χ2v) is 5.33. The highest BCUT2D eigenvalue weighted by Gasteiger charge is 2.17. The van der Waals surface area contributed by atoms with Gasteiger partial charge in [0.2, 0.25) is 11.6 Å². The molecule has 0 saturated carbocycles. The van der Waals surface area contributed by atoms with E-state index in [-0.39, 0.29) is 17.4 Å². The minimum atomic E-state index is 0.121. The summed E-state index contributed by atoms with van der Waals surface area (Å²) >= 11 is 0. The number of hydrogen-bond acceptors (Lipinski definition) is 9. The fraction of sp³-hybridized carbons (Fsp3) is 0.200. The zero-order chi connectivity index (χ0) is 18.0. The Morgan fingerprint density at radius 2 is 1.80 bits per heavy atom. The van der Waals surface area contributed by atoms with E-state index in [1.165, 1.54) is 4.68 Å². The molecule has 0 amide bonds. The quantitative estimate of drug-likeness (QED) is 0.541. The molecule has 3 aromatic rings. The van der Waals surface area contributed by atoms with E-state index < -0.39 is 0 Å². The predicted octanol–water partition coefficient (Wildman–Crippen LogP) is 1.48. The van der Waals surface area contributed by atoms with Gasteiger partial charge in [-0.2, -0.15) is 14.9 Å². The summed E-state index contributed by atoms with van der Waals surface area (Å²) in [6, 6.07) is 6.72. The third kappa shape index (κ3) is 3.22. The monoisotopic (exact) mass is 340 g/mol. The van der Waals surface area contributed by atoms with Gasteiger partial charge >= 0.3 is 0 Å². The standard InChI is InChI=1S/C15H16N8O2/c1-8(11-4-6-12(24)7-5-11)17-18-9(2)13-10(3)23(22-19-13)15-14(16)20-25-21-15/h4-7,24H,1-3H3,(H2,16,20). The van der Waals surface area contributed by atoms with Crippen LogP contribution in [0.1, 0.15) is 30.8 Å². The van der Waals surface area contributed by atoms with Gasteiger partial charge in [0.1, 0.15) is 11.4 Å². The summed E-state index contributed by atoms with van der Waals surface area (Å²) in [5, 5.41) is 33.1. The molecular formula is C15H16N8O2. The van der Waals surface area contributed by atoms with E-state index in [0.29, 0.717) is 22.8 Å². The molecule has 0 aliphatic carbocycles. The van der Waals surface area contributed by atoms with Crippen LogP contribution >= 0.6 is 0 Å². The third-order valence-electron chi connectivity index (χ3n) is 3.57. The summed E-state index contributed by atoms with van der Waals surface area (Å²) in [4.78, 5) is 0. The van der Waals surface area contributed by atoms with Crippen molar-refractivity contribution in [2.24, 2.45) is 10.2 Å². The smallest absolute Gasteiger partial charge is 0.243 e. The van der Waals surface area contributed by atoms with Crippen LogP contribution in [0.2, 0.25) is 0 Å². The van der Waals surface area contributed by atoms with Crippen LogP contribution < -0.4 is 5.73 Å². The van der Waals surface area contributed by atoms with E-state index in [4.69, 9.17) is 5.73 Å². The first-order valence-electron chi connectivity index (χ1n) is 7.36. The summed E-state index contributed by atoms with van der Waals surface area (Å²) in [5.74, 6) is 0.591. The summed E-state index contributed by atoms with van der Waals surface area (Å²) in [6.45, 7) is 5.41. The molecule has 1 aromatic carbocycles. The second-order valence-electron chi connectivity index (χ2n) is 5.33. The van der Waals surface area contributed by atoms with Gasteiger partial charge in [0.05, 0.1) is 17.1 Å². The maximum atomic E-state index is 9.33. The molecule has 0 aliphatic heterocycles. The average Bonchev–Trinajstić information content (AvgIpc) is 3.18. The Morgan fingerprint density at radius 1 is 1.12 bits per heavy atom. The largest absolute Gasteiger partial charge is 0.508 e. The number of rotatable bonds is 4. The van der Waals surface area contributed by atoms with Crippen LogP contribution in [0.5, 0.6) is 5.75 Å². The topological polar surface area (TPSA) is 141 Å². The van der Waals surface area contributed by atoms with E-state index in [2.05, 4.69) is 35.5 Å². The summed E-state index contributed by atoms with van der Waals surface area (Å²) in [7, 11) is 0. The van der Waals surface area contributed by atoms with Crippen molar-refractivity contribution in [3.8, 4) is 11.6 Å². The molecule has 0 radical (unpaired) electrons. The highest BCUT2D eigenvalue weighted by molar-refractivity contribution is 6.01. The molecule has 0 fully saturated rings. The number of nitrogen functional groups attached to an aromatic ring is 1. The minimum absolute atomic E-state index is 0.121. The average molecular weight is 340 g/mol. The molecule has 10 heteroatoms. The highest BCUT2D eigenvalue weighted by atomic mass is 16.6. The molecule has 0 unspecified atom stereocenters. The summed E-state index contributed by atoms with van der Waals surface area (Å²) < 4.78 is 6.00. The number of aromatic hydroxyl groups is 1. The molecule has 2 heterocycles. The van der Waals surface area contributed by atoms with Crippen molar-refractivity contribution in [2.75, 3.05) is 5.73 Å². The number of hydrogen-bond donors (Lipinski definition) is 2. The van der Waals surface area contributed by atoms with E-state index >= 15 is 0 Å². The van der Waals surface area contributed by atoms with Crippen LogP contribution in [-0.4, -0.2) is 41.8 Å². The van der Waals surface area contributed by atoms with Crippen molar-refractivity contribution < 1.29 is 9.74 Å². The minimum Gasteiger partial charge on any atom is -0.508 e. The molecule has 3 N–H and O–H groups in total. The van der Waals surface area contributed by atoms with Crippen LogP contribution in [0.15, 0.2) is 39.1 Å². The van der Waals surface area contributed by atoms with Gasteiger partial charge in [-0.05, 0) is 60.9 Å². The molecule has 0 bridgehead atoms. The van der Waals surface area contributed by atoms with Crippen molar-refractivity contribution in [1.29, 1.82) is 0 Å². The highest BCUT2D eigenvalue weighted by Crippen LogP contribution is 2.15. The molecular weight excluding hydrogens is 324 g/mol. The molecule has 10 nitrogen and oxygen atoms in total. The van der Waals surface area contributed by atoms with E-state index in [0.717, 1.165) is 5.56 Å². The zero-order valence-electron chi connectivity index (χ0n) is 13.9. The van der Waals surface area contributed by atoms with Gasteiger partial charge in [-0.15, -0.1) is 5.10 Å². The number of phenols is 1. The third-order valence-corrected chi connectivity index (χ3v) is 3.57. The Labute approximate surface area is 142 Å². The number of benzene rings is 1. The molecule has 0 atom stereocenters. The number of nitrogens with two attached hydrogens (primary N) is 1. The lowest BCUT2D eigenvalue weighted by molar-refractivity contribution is 0.306. The van der Waals surface area contributed by atoms with E-state index in [9.17, 15) is 5.11 Å². The number of aromatic nitrogens is 5. The SMILES string of the molecule is CC(=NN=C(C)c1nnn(-c2nonc2N)c1C)c1ccc(O)cc1. The fourth-order valence-corrected chi connectivity index (χ4v) is 2.16. The summed E-state index contributed by atoms with van der Waals surface area (Å²) in [5.41, 5.74) is 9.06. The van der Waals surface area contributed by atoms with E-state index in [1.807, 2.05) is 6.92 Å². The first-order valence-corrected chi connectivity index (χ1v) is 7.36. The molecule has 0 aliphatic rings. The number of nitrogens with zero attached hydrogens (tertiary/aromatic N) is 7. The van der Waals surface area contributed by atoms with Gasteiger partial charge in [-0.3, -0.25) is 0 Å². The molecule has 128 valence electrons. The first-order chi connectivity index (χ1) is 12.0. The predicted molar refractivity (Wildman–Crippen MR) is 90.9 cm³/mol. The Balaban J connectivity index is 1.88. The lowest BCUT2D eigenvalue weighted by Crippen LogP contribution is -2.04. The van der Waals surface area contributed by atoms with Crippen LogP contribution in [-0.2, 0) is 0 Å². The van der Waals surface area contributed by atoms with Crippen LogP contribution in [0.4, 0.5) is 5.82 Å². The van der Waals surface area contributed by atoms with Gasteiger partial charge in [0.25, 0.3) is 0 Å². The van der Waals surface area contributed by atoms with Crippen molar-refractivity contribution >= 4 is 17.2 Å². The van der Waals surface area contributed by atoms with Crippen molar-refractivity contribution in [3.05, 3.63) is 41.2 Å². The van der Waals surface area contributed by atoms with E-state index in [1.54, 1.807) is 38.1 Å². The zero-order valence-corrected chi connectivity index (χ0v) is 13.9. The van der Waals surface area contributed by atoms with Crippen LogP contribution in [0.25, 0.3) is 5.82 Å². The number of phenolic OH excluding ortho intramolecular Hbond substituents is 1. The number of anilines is 1. The lowest BCUT2D eigenvalue weighted by atomic mass is 10.1. The maximum absolute atomic E-state index is 9.33. The molecule has 0 spiro atoms. The molecule has 25 heavy (non-hydrogen) atoms. The molecule has 2 aromatic heterocycles. The van der Waals surface area contributed by atoms with Crippen LogP contribution in [0.3, 0.4) is 0 Å². The lowest BCUT2D eigenvalue weighted by Gasteiger charge is -2.00. The van der Waals surface area contributed by atoms with Crippen molar-refractivity contribution in [2.45, 2.75) is 20.8 Å². The fourth-order valence-electron chi connectivity index (χ4n) is 2.16. The Morgan fingerprint density at radius 3 is 2.44 bits per heavy atom. The Hall–Kier alpha value is -3.56. The first kappa shape index (κ1) is 16.3. The Kier molecular flexibility index (Phi) is 4.25. The molecule has 3 rings (SSSR count). The normalized spacial score (nSPS) is 12.6. The van der Waals surface area contributed by atoms with Gasteiger partial charge in [-0.25, -0.2) is 4.63 Å². The second kappa shape index (κ2) is 6.51. The van der Waals surface area contributed by atoms with Gasteiger partial charge in [0.15, 0.2) is 0 Å². The summed E-state index contributed by atoms with van der Waals surface area (Å²) in [6.07, 6.45) is 0.